The largest absolute Gasteiger partial charge is 0.457 e. The van der Waals surface area contributed by atoms with Gasteiger partial charge < -0.3 is 9.40 Å². The summed E-state index contributed by atoms with van der Waals surface area (Å²) in [6.45, 7) is 1.95. The average Bonchev–Trinajstić information content (AvgIpc) is 3.28. The van der Waals surface area contributed by atoms with E-state index in [0.717, 1.165) is 22.2 Å². The normalized spacial score (nSPS) is 11.7. The third-order valence-corrected chi connectivity index (χ3v) is 4.54. The summed E-state index contributed by atoms with van der Waals surface area (Å²) in [4.78, 5) is 7.62. The van der Waals surface area contributed by atoms with Gasteiger partial charge in [0.05, 0.1) is 16.6 Å². The minimum absolute atomic E-state index is 0.407. The van der Waals surface area contributed by atoms with Crippen LogP contribution in [0.4, 0.5) is 0 Å². The van der Waals surface area contributed by atoms with Crippen molar-refractivity contribution in [3.05, 3.63) is 76.8 Å². The summed E-state index contributed by atoms with van der Waals surface area (Å²) in [5, 5.41) is 10.2. The molecule has 4 nitrogen and oxygen atoms in total. The quantitative estimate of drug-likeness (QED) is 0.466. The number of aromatic nitrogens is 2. The highest BCUT2D eigenvalue weighted by Crippen LogP contribution is 2.28. The van der Waals surface area contributed by atoms with E-state index in [1.807, 2.05) is 61.5 Å². The van der Waals surface area contributed by atoms with Gasteiger partial charge >= 0.3 is 0 Å². The van der Waals surface area contributed by atoms with Crippen molar-refractivity contribution >= 4 is 34.3 Å². The molecule has 4 aromatic rings. The van der Waals surface area contributed by atoms with E-state index in [-0.39, 0.29) is 0 Å². The van der Waals surface area contributed by atoms with Crippen molar-refractivity contribution in [3.63, 3.8) is 0 Å². The fourth-order valence-corrected chi connectivity index (χ4v) is 2.89. The molecule has 26 heavy (non-hydrogen) atoms. The Kier molecular flexibility index (Phi) is 4.08. The van der Waals surface area contributed by atoms with Gasteiger partial charge in [-0.3, -0.25) is 0 Å². The minimum Gasteiger partial charge on any atom is -0.457 e. The van der Waals surface area contributed by atoms with Crippen LogP contribution in [0.2, 0.25) is 5.02 Å². The first kappa shape index (κ1) is 16.2. The molecule has 0 spiro atoms. The van der Waals surface area contributed by atoms with Crippen LogP contribution in [0.25, 0.3) is 34.0 Å². The highest BCUT2D eigenvalue weighted by molar-refractivity contribution is 6.31. The number of rotatable bonds is 3. The van der Waals surface area contributed by atoms with E-state index in [4.69, 9.17) is 16.0 Å². The SMILES string of the molecule is Cc1ccc(-c2ccc(/C=C(/C#N)c3nc4ccccc4[nH]3)o2)cc1Cl. The van der Waals surface area contributed by atoms with E-state index in [0.29, 0.717) is 27.9 Å². The minimum atomic E-state index is 0.407. The Morgan fingerprint density at radius 2 is 2.04 bits per heavy atom. The number of allylic oxidation sites excluding steroid dienone is 1. The molecule has 0 radical (unpaired) electrons. The van der Waals surface area contributed by atoms with Gasteiger partial charge in [-0.05, 0) is 42.8 Å². The number of aryl methyl sites for hydroxylation is 1. The summed E-state index contributed by atoms with van der Waals surface area (Å²) in [6, 6.07) is 19.3. The number of furan rings is 1. The lowest BCUT2D eigenvalue weighted by Crippen LogP contribution is -1.84. The van der Waals surface area contributed by atoms with Crippen molar-refractivity contribution < 1.29 is 4.42 Å². The highest BCUT2D eigenvalue weighted by atomic mass is 35.5. The molecule has 0 fully saturated rings. The fraction of sp³-hybridized carbons (Fsp3) is 0.0476. The molecule has 2 aromatic carbocycles. The predicted octanol–water partition coefficient (Wildman–Crippen LogP) is 5.85. The summed E-state index contributed by atoms with van der Waals surface area (Å²) >= 11 is 6.19. The Morgan fingerprint density at radius 1 is 1.19 bits per heavy atom. The lowest BCUT2D eigenvalue weighted by atomic mass is 10.1. The van der Waals surface area contributed by atoms with Gasteiger partial charge in [0.15, 0.2) is 0 Å². The van der Waals surface area contributed by atoms with Crippen LogP contribution < -0.4 is 0 Å². The molecule has 0 amide bonds. The van der Waals surface area contributed by atoms with Crippen molar-refractivity contribution in [3.8, 4) is 17.4 Å². The van der Waals surface area contributed by atoms with E-state index in [2.05, 4.69) is 16.0 Å². The molecule has 5 heteroatoms. The van der Waals surface area contributed by atoms with Gasteiger partial charge in [0, 0.05) is 16.7 Å². The van der Waals surface area contributed by atoms with Crippen LogP contribution in [-0.2, 0) is 0 Å². The predicted molar refractivity (Wildman–Crippen MR) is 103 cm³/mol. The Labute approximate surface area is 155 Å². The Morgan fingerprint density at radius 3 is 2.81 bits per heavy atom. The second-order valence-electron chi connectivity index (χ2n) is 5.94. The lowest BCUT2D eigenvalue weighted by Gasteiger charge is -2.00. The summed E-state index contributed by atoms with van der Waals surface area (Å²) in [6.07, 6.45) is 1.68. The number of para-hydroxylation sites is 2. The first-order valence-electron chi connectivity index (χ1n) is 8.07. The third-order valence-electron chi connectivity index (χ3n) is 4.13. The number of fused-ring (bicyclic) bond motifs is 1. The first-order chi connectivity index (χ1) is 12.6. The molecule has 0 aliphatic heterocycles. The standard InChI is InChI=1S/C21H14ClN3O/c1-13-6-7-14(11-17(13)22)20-9-8-16(26-20)10-15(12-23)21-24-18-4-2-3-5-19(18)25-21/h2-11H,1H3,(H,24,25)/b15-10-. The Balaban J connectivity index is 1.69. The van der Waals surface area contributed by atoms with Gasteiger partial charge in [0.2, 0.25) is 0 Å². The van der Waals surface area contributed by atoms with Crippen molar-refractivity contribution in [1.29, 1.82) is 5.26 Å². The lowest BCUT2D eigenvalue weighted by molar-refractivity contribution is 0.572. The molecule has 1 N–H and O–H groups in total. The van der Waals surface area contributed by atoms with E-state index in [1.165, 1.54) is 0 Å². The van der Waals surface area contributed by atoms with Gasteiger partial charge in [-0.15, -0.1) is 0 Å². The fourth-order valence-electron chi connectivity index (χ4n) is 2.71. The van der Waals surface area contributed by atoms with Crippen LogP contribution in [0.5, 0.6) is 0 Å². The first-order valence-corrected chi connectivity index (χ1v) is 8.45. The number of aromatic amines is 1. The van der Waals surface area contributed by atoms with Crippen LogP contribution in [-0.4, -0.2) is 9.97 Å². The topological polar surface area (TPSA) is 65.6 Å². The van der Waals surface area contributed by atoms with Gasteiger partial charge in [-0.2, -0.15) is 5.26 Å². The monoisotopic (exact) mass is 359 g/mol. The number of nitrogens with one attached hydrogen (secondary N) is 1. The van der Waals surface area contributed by atoms with Crippen LogP contribution in [0, 0.1) is 18.3 Å². The number of hydrogen-bond donors (Lipinski definition) is 1. The Hall–Kier alpha value is -3.29. The zero-order chi connectivity index (χ0) is 18.1. The maximum atomic E-state index is 9.52. The smallest absolute Gasteiger partial charge is 0.149 e. The maximum Gasteiger partial charge on any atom is 0.149 e. The van der Waals surface area contributed by atoms with E-state index in [9.17, 15) is 5.26 Å². The van der Waals surface area contributed by atoms with Gasteiger partial charge in [-0.25, -0.2) is 4.98 Å². The number of nitriles is 1. The zero-order valence-corrected chi connectivity index (χ0v) is 14.7. The molecule has 126 valence electrons. The number of halogens is 1. The molecular weight excluding hydrogens is 346 g/mol. The molecule has 0 saturated carbocycles. The summed E-state index contributed by atoms with van der Waals surface area (Å²) in [7, 11) is 0. The molecule has 2 heterocycles. The van der Waals surface area contributed by atoms with E-state index < -0.39 is 0 Å². The van der Waals surface area contributed by atoms with Crippen LogP contribution in [0.15, 0.2) is 59.0 Å². The van der Waals surface area contributed by atoms with Crippen LogP contribution in [0.1, 0.15) is 17.1 Å². The molecule has 0 saturated heterocycles. The van der Waals surface area contributed by atoms with E-state index >= 15 is 0 Å². The molecule has 0 atom stereocenters. The summed E-state index contributed by atoms with van der Waals surface area (Å²) in [5.41, 5.74) is 4.02. The second kappa shape index (κ2) is 6.55. The molecule has 0 bridgehead atoms. The van der Waals surface area contributed by atoms with Gasteiger partial charge in [0.25, 0.3) is 0 Å². The number of imidazole rings is 1. The second-order valence-corrected chi connectivity index (χ2v) is 6.35. The number of hydrogen-bond acceptors (Lipinski definition) is 3. The summed E-state index contributed by atoms with van der Waals surface area (Å²) in [5.74, 6) is 1.79. The maximum absolute atomic E-state index is 9.52. The van der Waals surface area contributed by atoms with Crippen LogP contribution >= 0.6 is 11.6 Å². The number of nitrogens with zero attached hydrogens (tertiary/aromatic N) is 2. The molecule has 4 rings (SSSR count). The molecule has 2 aromatic heterocycles. The zero-order valence-electron chi connectivity index (χ0n) is 14.0. The molecule has 0 aliphatic carbocycles. The number of benzene rings is 2. The van der Waals surface area contributed by atoms with Crippen molar-refractivity contribution in [1.82, 2.24) is 9.97 Å². The third kappa shape index (κ3) is 3.01. The number of H-pyrrole nitrogens is 1. The van der Waals surface area contributed by atoms with Gasteiger partial charge in [-0.1, -0.05) is 35.9 Å². The summed E-state index contributed by atoms with van der Waals surface area (Å²) < 4.78 is 5.86. The van der Waals surface area contributed by atoms with Crippen LogP contribution in [0.3, 0.4) is 0 Å². The molecule has 0 aliphatic rings. The van der Waals surface area contributed by atoms with Crippen molar-refractivity contribution in [2.75, 3.05) is 0 Å². The van der Waals surface area contributed by atoms with Gasteiger partial charge in [0.1, 0.15) is 23.4 Å². The van der Waals surface area contributed by atoms with Crippen molar-refractivity contribution in [2.45, 2.75) is 6.92 Å². The average molecular weight is 360 g/mol. The molecular formula is C21H14ClN3O. The molecule has 0 unspecified atom stereocenters. The van der Waals surface area contributed by atoms with Crippen molar-refractivity contribution in [2.24, 2.45) is 0 Å². The van der Waals surface area contributed by atoms with E-state index in [1.54, 1.807) is 6.08 Å². The Bertz CT molecular complexity index is 1140. The highest BCUT2D eigenvalue weighted by Gasteiger charge is 2.10.